The van der Waals surface area contributed by atoms with Gasteiger partial charge in [-0.2, -0.15) is 26.3 Å². The topological polar surface area (TPSA) is 33.2 Å². The van der Waals surface area contributed by atoms with Crippen LogP contribution in [0.15, 0.2) is 60.8 Å². The summed E-state index contributed by atoms with van der Waals surface area (Å²) in [6, 6.07) is 11.7. The highest BCUT2D eigenvalue weighted by Gasteiger charge is 2.37. The first kappa shape index (κ1) is 24.3. The summed E-state index contributed by atoms with van der Waals surface area (Å²) >= 11 is 0. The van der Waals surface area contributed by atoms with Crippen molar-refractivity contribution in [2.24, 2.45) is 0 Å². The van der Waals surface area contributed by atoms with Gasteiger partial charge in [-0.05, 0) is 49.7 Å². The summed E-state index contributed by atoms with van der Waals surface area (Å²) in [5, 5.41) is 0. The number of aromatic nitrogens is 1. The fourth-order valence-electron chi connectivity index (χ4n) is 3.35. The van der Waals surface area contributed by atoms with Crippen LogP contribution in [0.4, 0.5) is 26.3 Å². The molecule has 0 saturated carbocycles. The molecule has 174 valence electrons. The Labute approximate surface area is 186 Å². The van der Waals surface area contributed by atoms with Crippen LogP contribution in [0.3, 0.4) is 0 Å². The molecule has 0 N–H and O–H groups in total. The Bertz CT molecular complexity index is 1100. The van der Waals surface area contributed by atoms with E-state index in [0.717, 1.165) is 5.56 Å². The summed E-state index contributed by atoms with van der Waals surface area (Å²) in [4.78, 5) is 18.7. The molecule has 3 nitrogen and oxygen atoms in total. The fourth-order valence-corrected chi connectivity index (χ4v) is 3.35. The summed E-state index contributed by atoms with van der Waals surface area (Å²) < 4.78 is 79.2. The zero-order valence-electron chi connectivity index (χ0n) is 17.8. The molecule has 3 rings (SSSR count). The third kappa shape index (κ3) is 5.71. The minimum absolute atomic E-state index is 0.0677. The third-order valence-electron chi connectivity index (χ3n) is 5.05. The number of benzene rings is 2. The van der Waals surface area contributed by atoms with Gasteiger partial charge in [0.1, 0.15) is 0 Å². The number of hydrogen-bond acceptors (Lipinski definition) is 2. The number of rotatable bonds is 5. The molecule has 0 aliphatic heterocycles. The van der Waals surface area contributed by atoms with Crippen molar-refractivity contribution in [3.63, 3.8) is 0 Å². The quantitative estimate of drug-likeness (QED) is 0.390. The van der Waals surface area contributed by atoms with Gasteiger partial charge < -0.3 is 4.90 Å². The van der Waals surface area contributed by atoms with Crippen LogP contribution < -0.4 is 0 Å². The van der Waals surface area contributed by atoms with E-state index >= 15 is 0 Å². The van der Waals surface area contributed by atoms with Crippen molar-refractivity contribution < 1.29 is 31.1 Å². The monoisotopic (exact) mass is 466 g/mol. The van der Waals surface area contributed by atoms with E-state index in [0.29, 0.717) is 23.4 Å². The van der Waals surface area contributed by atoms with Gasteiger partial charge in [-0.1, -0.05) is 29.8 Å². The Balaban J connectivity index is 1.99. The van der Waals surface area contributed by atoms with E-state index in [4.69, 9.17) is 0 Å². The Morgan fingerprint density at radius 3 is 2.00 bits per heavy atom. The number of amides is 1. The molecule has 0 atom stereocenters. The molecule has 1 aromatic heterocycles. The Kier molecular flexibility index (Phi) is 6.81. The molecular weight excluding hydrogens is 446 g/mol. The van der Waals surface area contributed by atoms with Crippen LogP contribution in [0.5, 0.6) is 0 Å². The number of carbonyl (C=O) groups is 1. The second kappa shape index (κ2) is 9.25. The molecule has 0 radical (unpaired) electrons. The molecule has 1 heterocycles. The van der Waals surface area contributed by atoms with Crippen molar-refractivity contribution in [2.75, 3.05) is 6.54 Å². The minimum atomic E-state index is -4.96. The molecule has 0 spiro atoms. The van der Waals surface area contributed by atoms with Crippen molar-refractivity contribution >= 4 is 5.91 Å². The molecule has 0 saturated heterocycles. The number of hydrogen-bond donors (Lipinski definition) is 0. The number of pyridine rings is 1. The lowest BCUT2D eigenvalue weighted by molar-refractivity contribution is -0.143. The van der Waals surface area contributed by atoms with E-state index in [-0.39, 0.29) is 23.7 Å². The van der Waals surface area contributed by atoms with Gasteiger partial charge in [0.25, 0.3) is 5.91 Å². The van der Waals surface area contributed by atoms with E-state index in [1.165, 1.54) is 17.2 Å². The van der Waals surface area contributed by atoms with Crippen molar-refractivity contribution in [3.8, 4) is 11.3 Å². The average molecular weight is 466 g/mol. The largest absolute Gasteiger partial charge is 0.416 e. The fraction of sp³-hybridized carbons (Fsp3) is 0.250. The lowest BCUT2D eigenvalue weighted by Gasteiger charge is -2.23. The highest BCUT2D eigenvalue weighted by Crippen LogP contribution is 2.36. The first-order valence-corrected chi connectivity index (χ1v) is 10.00. The number of nitrogens with zero attached hydrogens (tertiary/aromatic N) is 2. The molecule has 0 unspecified atom stereocenters. The van der Waals surface area contributed by atoms with Crippen molar-refractivity contribution in [1.29, 1.82) is 0 Å². The average Bonchev–Trinajstić information content (AvgIpc) is 2.76. The second-order valence-electron chi connectivity index (χ2n) is 7.50. The van der Waals surface area contributed by atoms with Gasteiger partial charge >= 0.3 is 12.4 Å². The molecule has 0 aliphatic rings. The molecule has 3 aromatic rings. The van der Waals surface area contributed by atoms with Gasteiger partial charge in [0.2, 0.25) is 0 Å². The molecule has 0 bridgehead atoms. The van der Waals surface area contributed by atoms with Crippen molar-refractivity contribution in [1.82, 2.24) is 9.88 Å². The molecule has 1 amide bonds. The number of halogens is 6. The van der Waals surface area contributed by atoms with Gasteiger partial charge in [-0.3, -0.25) is 9.78 Å². The maximum Gasteiger partial charge on any atom is 0.416 e. The standard InChI is InChI=1S/C24H20F6N2O/c1-3-32(14-16-11-18(23(25,26)27)13-19(12-16)24(28,29)30)22(33)20-5-4-10-31-21(20)17-8-6-15(2)7-9-17/h4-13H,3,14H2,1-2H3. The van der Waals surface area contributed by atoms with Gasteiger partial charge in [-0.25, -0.2) is 0 Å². The van der Waals surface area contributed by atoms with Crippen LogP contribution in [0.1, 0.15) is 39.5 Å². The van der Waals surface area contributed by atoms with E-state index in [1.54, 1.807) is 25.1 Å². The van der Waals surface area contributed by atoms with Gasteiger partial charge in [0.05, 0.1) is 22.4 Å². The number of alkyl halides is 6. The Hall–Kier alpha value is -3.36. The highest BCUT2D eigenvalue weighted by molar-refractivity contribution is 5.99. The lowest BCUT2D eigenvalue weighted by atomic mass is 10.0. The van der Waals surface area contributed by atoms with E-state index in [2.05, 4.69) is 4.98 Å². The van der Waals surface area contributed by atoms with Crippen LogP contribution >= 0.6 is 0 Å². The predicted octanol–water partition coefficient (Wildman–Crippen LogP) is 6.76. The predicted molar refractivity (Wildman–Crippen MR) is 111 cm³/mol. The summed E-state index contributed by atoms with van der Waals surface area (Å²) in [5.41, 5.74) is -0.864. The summed E-state index contributed by atoms with van der Waals surface area (Å²) in [6.45, 7) is 3.14. The number of aryl methyl sites for hydroxylation is 1. The first-order chi connectivity index (χ1) is 15.4. The summed E-state index contributed by atoms with van der Waals surface area (Å²) in [5.74, 6) is -0.549. The zero-order valence-corrected chi connectivity index (χ0v) is 17.8. The van der Waals surface area contributed by atoms with E-state index in [9.17, 15) is 31.1 Å². The summed E-state index contributed by atoms with van der Waals surface area (Å²) in [6.07, 6.45) is -8.41. The van der Waals surface area contributed by atoms with Crippen LogP contribution in [0.25, 0.3) is 11.3 Å². The van der Waals surface area contributed by atoms with Gasteiger partial charge in [-0.15, -0.1) is 0 Å². The van der Waals surface area contributed by atoms with Crippen molar-refractivity contribution in [2.45, 2.75) is 32.7 Å². The number of carbonyl (C=O) groups excluding carboxylic acids is 1. The molecule has 2 aromatic carbocycles. The lowest BCUT2D eigenvalue weighted by Crippen LogP contribution is -2.31. The van der Waals surface area contributed by atoms with Crippen LogP contribution in [-0.4, -0.2) is 22.3 Å². The van der Waals surface area contributed by atoms with Crippen LogP contribution in [-0.2, 0) is 18.9 Å². The maximum atomic E-state index is 13.2. The van der Waals surface area contributed by atoms with E-state index in [1.807, 2.05) is 19.1 Å². The minimum Gasteiger partial charge on any atom is -0.335 e. The summed E-state index contributed by atoms with van der Waals surface area (Å²) in [7, 11) is 0. The van der Waals surface area contributed by atoms with Crippen molar-refractivity contribution in [3.05, 3.63) is 88.6 Å². The van der Waals surface area contributed by atoms with Crippen LogP contribution in [0.2, 0.25) is 0 Å². The van der Waals surface area contributed by atoms with Crippen LogP contribution in [0, 0.1) is 6.92 Å². The molecule has 0 aliphatic carbocycles. The first-order valence-electron chi connectivity index (χ1n) is 10.00. The SMILES string of the molecule is CCN(Cc1cc(C(F)(F)F)cc(C(F)(F)F)c1)C(=O)c1cccnc1-c1ccc(C)cc1. The molecule has 9 heteroatoms. The zero-order chi connectivity index (χ0) is 24.4. The maximum absolute atomic E-state index is 13.2. The third-order valence-corrected chi connectivity index (χ3v) is 5.05. The Morgan fingerprint density at radius 1 is 0.909 bits per heavy atom. The normalized spacial score (nSPS) is 12.0. The van der Waals surface area contributed by atoms with Gasteiger partial charge in [0, 0.05) is 24.8 Å². The van der Waals surface area contributed by atoms with Gasteiger partial charge in [0.15, 0.2) is 0 Å². The molecular formula is C24H20F6N2O. The smallest absolute Gasteiger partial charge is 0.335 e. The Morgan fingerprint density at radius 2 is 1.48 bits per heavy atom. The second-order valence-corrected chi connectivity index (χ2v) is 7.50. The van der Waals surface area contributed by atoms with E-state index < -0.39 is 35.9 Å². The molecule has 0 fully saturated rings. The molecule has 33 heavy (non-hydrogen) atoms. The highest BCUT2D eigenvalue weighted by atomic mass is 19.4.